The predicted molar refractivity (Wildman–Crippen MR) is 122 cm³/mol. The smallest absolute Gasteiger partial charge is 0.365 e. The number of aromatic nitrogens is 3. The number of fused-ring (bicyclic) bond motifs is 2. The van der Waals surface area contributed by atoms with E-state index in [9.17, 15) is 13.2 Å². The average molecular weight is 471 g/mol. The third-order valence-electron chi connectivity index (χ3n) is 6.07. The molecule has 10 heteroatoms. The molecule has 2 N–H and O–H groups in total. The van der Waals surface area contributed by atoms with Gasteiger partial charge in [0.15, 0.2) is 0 Å². The highest BCUT2D eigenvalue weighted by Crippen LogP contribution is 2.33. The summed E-state index contributed by atoms with van der Waals surface area (Å²) in [5.41, 5.74) is 3.89. The summed E-state index contributed by atoms with van der Waals surface area (Å²) in [5, 5.41) is 14.3. The number of aromatic amines is 1. The second-order valence-electron chi connectivity index (χ2n) is 8.42. The van der Waals surface area contributed by atoms with Gasteiger partial charge in [0.1, 0.15) is 28.7 Å². The zero-order valence-corrected chi connectivity index (χ0v) is 18.6. The van der Waals surface area contributed by atoms with E-state index in [-0.39, 0.29) is 10.9 Å². The molecule has 1 aliphatic rings. The molecule has 0 aliphatic carbocycles. The molecule has 1 fully saturated rings. The first-order valence-corrected chi connectivity index (χ1v) is 11.4. The van der Waals surface area contributed by atoms with Crippen LogP contribution in [0.2, 0.25) is 0 Å². The first-order valence-electron chi connectivity index (χ1n) is 10.6. The normalized spacial score (nSPS) is 17.1. The third kappa shape index (κ3) is 4.51. The lowest BCUT2D eigenvalue weighted by Gasteiger charge is -2.18. The monoisotopic (exact) mass is 470 g/mol. The number of thiophene rings is 1. The van der Waals surface area contributed by atoms with Crippen molar-refractivity contribution in [1.82, 2.24) is 19.9 Å². The van der Waals surface area contributed by atoms with Gasteiger partial charge in [-0.05, 0) is 42.7 Å². The standard InChI is InChI=1S/C23H21F3N6S/c1-13-14(2-3-20-18(13)6-16(9-27)30-20)10-32-5-4-15(11-32)31-21-19-7-17(8-23(24,25)26)33-22(19)29-12-28-21/h2-3,6-7,12,15,30H,4-5,8,10-11H2,1H3,(H,28,29,31). The van der Waals surface area contributed by atoms with E-state index in [0.717, 1.165) is 53.9 Å². The largest absolute Gasteiger partial charge is 0.393 e. The molecule has 1 aromatic carbocycles. The van der Waals surface area contributed by atoms with Crippen LogP contribution in [0.15, 0.2) is 30.6 Å². The van der Waals surface area contributed by atoms with Crippen molar-refractivity contribution in [1.29, 1.82) is 5.26 Å². The number of hydrogen-bond donors (Lipinski definition) is 2. The van der Waals surface area contributed by atoms with Crippen molar-refractivity contribution < 1.29 is 13.2 Å². The molecule has 6 nitrogen and oxygen atoms in total. The van der Waals surface area contributed by atoms with Crippen LogP contribution in [0.25, 0.3) is 21.1 Å². The summed E-state index contributed by atoms with van der Waals surface area (Å²) in [4.78, 5) is 14.7. The molecule has 170 valence electrons. The molecule has 1 aliphatic heterocycles. The molecule has 1 saturated heterocycles. The second-order valence-corrected chi connectivity index (χ2v) is 9.53. The summed E-state index contributed by atoms with van der Waals surface area (Å²) in [6, 6.07) is 9.84. The lowest BCUT2D eigenvalue weighted by atomic mass is 10.0. The van der Waals surface area contributed by atoms with Gasteiger partial charge >= 0.3 is 6.18 Å². The number of alkyl halides is 3. The molecule has 1 atom stereocenters. The molecule has 4 aromatic rings. The fourth-order valence-electron chi connectivity index (χ4n) is 4.46. The third-order valence-corrected chi connectivity index (χ3v) is 7.11. The number of nitrogens with one attached hydrogen (secondary N) is 2. The topological polar surface area (TPSA) is 80.6 Å². The molecule has 0 radical (unpaired) electrons. The number of H-pyrrole nitrogens is 1. The predicted octanol–water partition coefficient (Wildman–Crippen LogP) is 5.14. The lowest BCUT2D eigenvalue weighted by Crippen LogP contribution is -2.26. The zero-order chi connectivity index (χ0) is 23.2. The number of anilines is 1. The van der Waals surface area contributed by atoms with E-state index in [4.69, 9.17) is 5.26 Å². The summed E-state index contributed by atoms with van der Waals surface area (Å²) < 4.78 is 38.4. The number of hydrogen-bond acceptors (Lipinski definition) is 6. The molecule has 5 rings (SSSR count). The number of halogens is 3. The SMILES string of the molecule is Cc1c(CN2CCC(Nc3ncnc4sc(CC(F)(F)F)cc34)C2)ccc2[nH]c(C#N)cc12. The second kappa shape index (κ2) is 8.32. The van der Waals surface area contributed by atoms with Gasteiger partial charge in [-0.2, -0.15) is 18.4 Å². The Kier molecular flexibility index (Phi) is 5.46. The van der Waals surface area contributed by atoms with Gasteiger partial charge in [-0.15, -0.1) is 11.3 Å². The van der Waals surface area contributed by atoms with Gasteiger partial charge < -0.3 is 10.3 Å². The molecule has 33 heavy (non-hydrogen) atoms. The summed E-state index contributed by atoms with van der Waals surface area (Å²) in [6.07, 6.45) is -2.89. The Hall–Kier alpha value is -3.16. The van der Waals surface area contributed by atoms with Gasteiger partial charge in [0.25, 0.3) is 0 Å². The Bertz CT molecular complexity index is 1370. The molecular weight excluding hydrogens is 449 g/mol. The van der Waals surface area contributed by atoms with Gasteiger partial charge in [0.05, 0.1) is 11.8 Å². The highest BCUT2D eigenvalue weighted by molar-refractivity contribution is 7.18. The highest BCUT2D eigenvalue weighted by Gasteiger charge is 2.29. The van der Waals surface area contributed by atoms with Gasteiger partial charge in [-0.25, -0.2) is 9.97 Å². The molecule has 1 unspecified atom stereocenters. The van der Waals surface area contributed by atoms with Crippen molar-refractivity contribution >= 4 is 38.3 Å². The minimum atomic E-state index is -4.24. The first-order chi connectivity index (χ1) is 15.8. The van der Waals surface area contributed by atoms with E-state index < -0.39 is 12.6 Å². The van der Waals surface area contributed by atoms with E-state index in [0.29, 0.717) is 21.7 Å². The van der Waals surface area contributed by atoms with Crippen molar-refractivity contribution in [2.45, 2.75) is 38.5 Å². The highest BCUT2D eigenvalue weighted by atomic mass is 32.1. The Labute approximate surface area is 192 Å². The molecule has 0 bridgehead atoms. The Morgan fingerprint density at radius 2 is 2.12 bits per heavy atom. The number of nitriles is 1. The molecule has 0 amide bonds. The number of benzene rings is 1. The van der Waals surface area contributed by atoms with Crippen LogP contribution < -0.4 is 5.32 Å². The van der Waals surface area contributed by atoms with Crippen LogP contribution >= 0.6 is 11.3 Å². The zero-order valence-electron chi connectivity index (χ0n) is 17.8. The minimum absolute atomic E-state index is 0.149. The Morgan fingerprint density at radius 3 is 2.91 bits per heavy atom. The summed E-state index contributed by atoms with van der Waals surface area (Å²) >= 11 is 1.06. The van der Waals surface area contributed by atoms with Gasteiger partial charge in [-0.1, -0.05) is 6.07 Å². The molecule has 0 spiro atoms. The number of rotatable bonds is 5. The summed E-state index contributed by atoms with van der Waals surface area (Å²) in [6.45, 7) is 4.58. The van der Waals surface area contributed by atoms with Crippen LogP contribution in [0.1, 0.15) is 28.1 Å². The minimum Gasteiger partial charge on any atom is -0.365 e. The number of aryl methyl sites for hydroxylation is 1. The van der Waals surface area contributed by atoms with Crippen LogP contribution in [0.3, 0.4) is 0 Å². The fourth-order valence-corrected chi connectivity index (χ4v) is 5.49. The van der Waals surface area contributed by atoms with Crippen molar-refractivity contribution in [2.75, 3.05) is 18.4 Å². The van der Waals surface area contributed by atoms with Gasteiger partial charge in [0.2, 0.25) is 0 Å². The maximum atomic E-state index is 12.8. The average Bonchev–Trinajstić information content (AvgIpc) is 3.47. The van der Waals surface area contributed by atoms with E-state index >= 15 is 0 Å². The van der Waals surface area contributed by atoms with E-state index in [1.54, 1.807) is 6.07 Å². The van der Waals surface area contributed by atoms with Crippen LogP contribution in [0, 0.1) is 18.3 Å². The maximum absolute atomic E-state index is 12.8. The van der Waals surface area contributed by atoms with E-state index in [1.165, 1.54) is 11.9 Å². The molecular formula is C23H21F3N6S. The van der Waals surface area contributed by atoms with Crippen LogP contribution in [0.4, 0.5) is 19.0 Å². The first kappa shape index (κ1) is 21.7. The summed E-state index contributed by atoms with van der Waals surface area (Å²) in [7, 11) is 0. The molecule has 3 aromatic heterocycles. The lowest BCUT2D eigenvalue weighted by molar-refractivity contribution is -0.126. The van der Waals surface area contributed by atoms with Crippen molar-refractivity contribution in [3.8, 4) is 6.07 Å². The van der Waals surface area contributed by atoms with Crippen LogP contribution in [-0.2, 0) is 13.0 Å². The van der Waals surface area contributed by atoms with Gasteiger partial charge in [-0.3, -0.25) is 4.90 Å². The van der Waals surface area contributed by atoms with Gasteiger partial charge in [0, 0.05) is 41.5 Å². The Balaban J connectivity index is 1.28. The van der Waals surface area contributed by atoms with Crippen LogP contribution in [0.5, 0.6) is 0 Å². The van der Waals surface area contributed by atoms with Crippen molar-refractivity contribution in [2.24, 2.45) is 0 Å². The quantitative estimate of drug-likeness (QED) is 0.422. The molecule has 0 saturated carbocycles. The van der Waals surface area contributed by atoms with Crippen molar-refractivity contribution in [3.63, 3.8) is 0 Å². The summed E-state index contributed by atoms with van der Waals surface area (Å²) in [5.74, 6) is 0.588. The molecule has 4 heterocycles. The maximum Gasteiger partial charge on any atom is 0.393 e. The van der Waals surface area contributed by atoms with E-state index in [1.807, 2.05) is 12.1 Å². The number of nitrogens with zero attached hydrogens (tertiary/aromatic N) is 4. The number of likely N-dealkylation sites (tertiary alicyclic amines) is 1. The van der Waals surface area contributed by atoms with Crippen molar-refractivity contribution in [3.05, 3.63) is 52.3 Å². The van der Waals surface area contributed by atoms with Crippen LogP contribution in [-0.4, -0.2) is 45.2 Å². The Morgan fingerprint density at radius 1 is 1.27 bits per heavy atom. The van der Waals surface area contributed by atoms with E-state index in [2.05, 4.69) is 44.2 Å². The fraction of sp³-hybridized carbons (Fsp3) is 0.348.